The van der Waals surface area contributed by atoms with E-state index in [0.29, 0.717) is 17.9 Å². The van der Waals surface area contributed by atoms with E-state index in [9.17, 15) is 18.5 Å². The van der Waals surface area contributed by atoms with Gasteiger partial charge in [-0.2, -0.15) is 0 Å². The summed E-state index contributed by atoms with van der Waals surface area (Å²) in [5.41, 5.74) is 5.09. The zero-order valence-electron chi connectivity index (χ0n) is 12.2. The highest BCUT2D eigenvalue weighted by molar-refractivity contribution is 7.91. The van der Waals surface area contributed by atoms with Crippen LogP contribution in [0.5, 0.6) is 0 Å². The van der Waals surface area contributed by atoms with Crippen molar-refractivity contribution < 1.29 is 13.3 Å². The van der Waals surface area contributed by atoms with Gasteiger partial charge in [-0.1, -0.05) is 25.2 Å². The summed E-state index contributed by atoms with van der Waals surface area (Å²) >= 11 is 0.694. The molecule has 0 saturated heterocycles. The Morgan fingerprint density at radius 1 is 1.48 bits per heavy atom. The minimum absolute atomic E-state index is 0.114. The molecular formula is C11H20N4O4S2. The average molecular weight is 336 g/mol. The van der Waals surface area contributed by atoms with Gasteiger partial charge in [0.1, 0.15) is 4.21 Å². The lowest BCUT2D eigenvalue weighted by atomic mass is 10.3. The molecule has 1 aromatic heterocycles. The SMILES string of the molecule is CCN(CC)CC(C)NS(=O)(=O)c1cc([N+](=O)[O-])c(N)s1. The molecule has 10 heteroatoms. The fourth-order valence-corrected chi connectivity index (χ4v) is 4.34. The second-order valence-corrected chi connectivity index (χ2v) is 7.60. The highest BCUT2D eigenvalue weighted by atomic mass is 32.2. The number of nitro groups is 1. The third-order valence-corrected chi connectivity index (χ3v) is 5.98. The molecule has 1 atom stereocenters. The van der Waals surface area contributed by atoms with E-state index in [2.05, 4.69) is 9.62 Å². The predicted octanol–water partition coefficient (Wildman–Crippen LogP) is 1.25. The summed E-state index contributed by atoms with van der Waals surface area (Å²) < 4.78 is 26.8. The molecule has 0 aliphatic heterocycles. The smallest absolute Gasteiger partial charge is 0.304 e. The van der Waals surface area contributed by atoms with E-state index in [1.165, 1.54) is 0 Å². The molecule has 3 N–H and O–H groups in total. The van der Waals surface area contributed by atoms with Gasteiger partial charge in [-0.05, 0) is 20.0 Å². The number of nitrogen functional groups attached to an aromatic ring is 1. The minimum atomic E-state index is -3.80. The summed E-state index contributed by atoms with van der Waals surface area (Å²) in [6.45, 7) is 7.94. The van der Waals surface area contributed by atoms with Crippen LogP contribution in [0.15, 0.2) is 10.3 Å². The number of anilines is 1. The monoisotopic (exact) mass is 336 g/mol. The molecule has 0 saturated carbocycles. The Bertz CT molecular complexity index is 595. The van der Waals surface area contributed by atoms with Crippen molar-refractivity contribution in [3.63, 3.8) is 0 Å². The third kappa shape index (κ3) is 4.63. The van der Waals surface area contributed by atoms with Crippen molar-refractivity contribution in [3.8, 4) is 0 Å². The maximum absolute atomic E-state index is 12.2. The summed E-state index contributed by atoms with van der Waals surface area (Å²) in [5, 5.41) is 10.6. The van der Waals surface area contributed by atoms with E-state index < -0.39 is 14.9 Å². The van der Waals surface area contributed by atoms with E-state index in [-0.39, 0.29) is 20.9 Å². The summed E-state index contributed by atoms with van der Waals surface area (Å²) in [6.07, 6.45) is 0. The first-order valence-electron chi connectivity index (χ1n) is 6.49. The Morgan fingerprint density at radius 3 is 2.48 bits per heavy atom. The number of nitrogens with zero attached hydrogens (tertiary/aromatic N) is 2. The Kier molecular flexibility index (Phi) is 6.08. The van der Waals surface area contributed by atoms with E-state index >= 15 is 0 Å². The van der Waals surface area contributed by atoms with E-state index in [1.807, 2.05) is 13.8 Å². The molecule has 0 fully saturated rings. The van der Waals surface area contributed by atoms with Crippen LogP contribution >= 0.6 is 11.3 Å². The highest BCUT2D eigenvalue weighted by Crippen LogP contribution is 2.34. The molecule has 120 valence electrons. The van der Waals surface area contributed by atoms with Crippen LogP contribution in [-0.4, -0.2) is 43.9 Å². The lowest BCUT2D eigenvalue weighted by Crippen LogP contribution is -2.41. The molecule has 1 heterocycles. The molecule has 0 aromatic carbocycles. The van der Waals surface area contributed by atoms with Gasteiger partial charge in [0, 0.05) is 18.7 Å². The van der Waals surface area contributed by atoms with Crippen LogP contribution in [0.1, 0.15) is 20.8 Å². The average Bonchev–Trinajstić information content (AvgIpc) is 2.78. The van der Waals surface area contributed by atoms with Crippen LogP contribution in [0.2, 0.25) is 0 Å². The fourth-order valence-electron chi connectivity index (χ4n) is 1.88. The summed E-state index contributed by atoms with van der Waals surface area (Å²) in [7, 11) is -3.80. The zero-order valence-corrected chi connectivity index (χ0v) is 13.8. The first kappa shape index (κ1) is 17.8. The molecule has 1 rings (SSSR count). The summed E-state index contributed by atoms with van der Waals surface area (Å²) in [5.74, 6) is 0. The van der Waals surface area contributed by atoms with E-state index in [4.69, 9.17) is 5.73 Å². The molecule has 8 nitrogen and oxygen atoms in total. The first-order chi connectivity index (χ1) is 9.71. The van der Waals surface area contributed by atoms with Gasteiger partial charge in [-0.3, -0.25) is 10.1 Å². The van der Waals surface area contributed by atoms with Crippen molar-refractivity contribution in [2.45, 2.75) is 31.0 Å². The molecule has 0 bridgehead atoms. The number of thiophene rings is 1. The second kappa shape index (κ2) is 7.16. The van der Waals surface area contributed by atoms with Crippen molar-refractivity contribution >= 4 is 32.0 Å². The van der Waals surface area contributed by atoms with Crippen molar-refractivity contribution in [1.29, 1.82) is 0 Å². The molecule has 0 aliphatic rings. The Labute approximate surface area is 128 Å². The number of hydrogen-bond donors (Lipinski definition) is 2. The van der Waals surface area contributed by atoms with Crippen molar-refractivity contribution in [2.24, 2.45) is 0 Å². The van der Waals surface area contributed by atoms with Gasteiger partial charge in [0.15, 0.2) is 5.00 Å². The van der Waals surface area contributed by atoms with Crippen molar-refractivity contribution in [1.82, 2.24) is 9.62 Å². The van der Waals surface area contributed by atoms with Gasteiger partial charge in [0.2, 0.25) is 0 Å². The standard InChI is InChI=1S/C11H20N4O4S2/c1-4-14(5-2)7-8(3)13-21(18,19)10-6-9(15(16)17)11(12)20-10/h6,8,13H,4-5,7,12H2,1-3H3. The number of sulfonamides is 1. The molecule has 1 unspecified atom stereocenters. The molecule has 0 spiro atoms. The van der Waals surface area contributed by atoms with Crippen LogP contribution in [0.4, 0.5) is 10.7 Å². The Hall–Kier alpha value is -1.23. The summed E-state index contributed by atoms with van der Waals surface area (Å²) in [6, 6.07) is 0.684. The third-order valence-electron chi connectivity index (χ3n) is 2.96. The number of likely N-dealkylation sites (N-methyl/N-ethyl adjacent to an activating group) is 1. The van der Waals surface area contributed by atoms with Gasteiger partial charge < -0.3 is 10.6 Å². The molecule has 1 aromatic rings. The Balaban J connectivity index is 2.86. The van der Waals surface area contributed by atoms with Gasteiger partial charge in [0.05, 0.1) is 4.92 Å². The normalized spacial score (nSPS) is 13.5. The number of rotatable bonds is 8. The quantitative estimate of drug-likeness (QED) is 0.545. The van der Waals surface area contributed by atoms with Crippen LogP contribution in [0, 0.1) is 10.1 Å². The lowest BCUT2D eigenvalue weighted by Gasteiger charge is -2.22. The molecular weight excluding hydrogens is 316 g/mol. The van der Waals surface area contributed by atoms with Crippen LogP contribution in [0.25, 0.3) is 0 Å². The topological polar surface area (TPSA) is 119 Å². The minimum Gasteiger partial charge on any atom is -0.385 e. The van der Waals surface area contributed by atoms with Gasteiger partial charge in [-0.15, -0.1) is 0 Å². The number of nitrogens with one attached hydrogen (secondary N) is 1. The van der Waals surface area contributed by atoms with Crippen LogP contribution < -0.4 is 10.5 Å². The number of nitrogens with two attached hydrogens (primary N) is 1. The first-order valence-corrected chi connectivity index (χ1v) is 8.79. The largest absolute Gasteiger partial charge is 0.385 e. The van der Waals surface area contributed by atoms with Crippen LogP contribution in [0.3, 0.4) is 0 Å². The molecule has 0 radical (unpaired) electrons. The molecule has 0 amide bonds. The van der Waals surface area contributed by atoms with Gasteiger partial charge >= 0.3 is 5.69 Å². The molecule has 0 aliphatic carbocycles. The predicted molar refractivity (Wildman–Crippen MR) is 83.0 cm³/mol. The maximum Gasteiger partial charge on any atom is 0.304 e. The van der Waals surface area contributed by atoms with Crippen molar-refractivity contribution in [2.75, 3.05) is 25.4 Å². The van der Waals surface area contributed by atoms with Crippen molar-refractivity contribution in [3.05, 3.63) is 16.2 Å². The van der Waals surface area contributed by atoms with Gasteiger partial charge in [-0.25, -0.2) is 13.1 Å². The van der Waals surface area contributed by atoms with E-state index in [1.54, 1.807) is 6.92 Å². The van der Waals surface area contributed by atoms with Crippen LogP contribution in [-0.2, 0) is 10.0 Å². The number of hydrogen-bond acceptors (Lipinski definition) is 7. The fraction of sp³-hybridized carbons (Fsp3) is 0.636. The summed E-state index contributed by atoms with van der Waals surface area (Å²) in [4.78, 5) is 12.1. The van der Waals surface area contributed by atoms with E-state index in [0.717, 1.165) is 19.2 Å². The second-order valence-electron chi connectivity index (χ2n) is 4.58. The zero-order chi connectivity index (χ0) is 16.2. The Morgan fingerprint density at radius 2 is 2.05 bits per heavy atom. The molecule has 21 heavy (non-hydrogen) atoms. The highest BCUT2D eigenvalue weighted by Gasteiger charge is 2.26. The lowest BCUT2D eigenvalue weighted by molar-refractivity contribution is -0.383. The maximum atomic E-state index is 12.2. The van der Waals surface area contributed by atoms with Gasteiger partial charge in [0.25, 0.3) is 10.0 Å².